The Hall–Kier alpha value is -0.160. The summed E-state index contributed by atoms with van der Waals surface area (Å²) in [5, 5.41) is 0. The van der Waals surface area contributed by atoms with Crippen molar-refractivity contribution in [3.63, 3.8) is 0 Å². The maximum Gasteiger partial charge on any atom is 0.128 e. The molecule has 0 unspecified atom stereocenters. The van der Waals surface area contributed by atoms with Gasteiger partial charge < -0.3 is 4.74 Å². The van der Waals surface area contributed by atoms with E-state index in [0.717, 1.165) is 17.3 Å². The highest BCUT2D eigenvalue weighted by molar-refractivity contribution is 14.1. The van der Waals surface area contributed by atoms with E-state index in [-0.39, 0.29) is 11.4 Å². The molecule has 1 aromatic carbocycles. The molecule has 0 heterocycles. The van der Waals surface area contributed by atoms with Gasteiger partial charge in [-0.15, -0.1) is 0 Å². The standard InChI is InChI=1S/C13H16FIO/c14-12-6-2-1-5-11(12)9-16-13(10-15)7-3-4-8-13/h1-2,5-6H,3-4,7-10H2. The number of rotatable bonds is 4. The second-order valence-electron chi connectivity index (χ2n) is 4.40. The Morgan fingerprint density at radius 1 is 1.25 bits per heavy atom. The predicted molar refractivity (Wildman–Crippen MR) is 71.3 cm³/mol. The van der Waals surface area contributed by atoms with Gasteiger partial charge in [-0.05, 0) is 18.9 Å². The molecule has 1 aliphatic rings. The number of benzene rings is 1. The lowest BCUT2D eigenvalue weighted by molar-refractivity contribution is -0.0327. The highest BCUT2D eigenvalue weighted by Gasteiger charge is 2.33. The van der Waals surface area contributed by atoms with Crippen LogP contribution in [0.4, 0.5) is 4.39 Å². The monoisotopic (exact) mass is 334 g/mol. The van der Waals surface area contributed by atoms with Crippen LogP contribution in [-0.4, -0.2) is 10.0 Å². The Bertz CT molecular complexity index is 348. The van der Waals surface area contributed by atoms with Crippen molar-refractivity contribution in [1.29, 1.82) is 0 Å². The maximum atomic E-state index is 13.4. The number of alkyl halides is 1. The van der Waals surface area contributed by atoms with Crippen molar-refractivity contribution < 1.29 is 9.13 Å². The van der Waals surface area contributed by atoms with Gasteiger partial charge in [0.25, 0.3) is 0 Å². The molecule has 0 atom stereocenters. The third-order valence-corrected chi connectivity index (χ3v) is 4.64. The molecule has 3 heteroatoms. The van der Waals surface area contributed by atoms with Gasteiger partial charge in [-0.1, -0.05) is 53.6 Å². The van der Waals surface area contributed by atoms with Crippen molar-refractivity contribution in [2.45, 2.75) is 37.9 Å². The zero-order chi connectivity index (χ0) is 11.4. The molecule has 0 bridgehead atoms. The van der Waals surface area contributed by atoms with E-state index in [1.807, 2.05) is 6.07 Å². The number of halogens is 2. The number of hydrogen-bond acceptors (Lipinski definition) is 1. The van der Waals surface area contributed by atoms with Crippen LogP contribution in [0, 0.1) is 5.82 Å². The average Bonchev–Trinajstić information content (AvgIpc) is 2.78. The lowest BCUT2D eigenvalue weighted by Gasteiger charge is -2.27. The smallest absolute Gasteiger partial charge is 0.128 e. The van der Waals surface area contributed by atoms with E-state index in [1.165, 1.54) is 18.9 Å². The summed E-state index contributed by atoms with van der Waals surface area (Å²) >= 11 is 2.37. The predicted octanol–water partition coefficient (Wildman–Crippen LogP) is 4.09. The first-order valence-corrected chi connectivity index (χ1v) is 7.22. The third kappa shape index (κ3) is 2.74. The zero-order valence-corrected chi connectivity index (χ0v) is 11.4. The van der Waals surface area contributed by atoms with E-state index >= 15 is 0 Å². The molecule has 2 rings (SSSR count). The van der Waals surface area contributed by atoms with Crippen LogP contribution in [0.3, 0.4) is 0 Å². The quantitative estimate of drug-likeness (QED) is 0.595. The first kappa shape index (κ1) is 12.3. The number of hydrogen-bond donors (Lipinski definition) is 0. The summed E-state index contributed by atoms with van der Waals surface area (Å²) in [5.41, 5.74) is 0.668. The largest absolute Gasteiger partial charge is 0.369 e. The fraction of sp³-hybridized carbons (Fsp3) is 0.538. The minimum absolute atomic E-state index is 0.00282. The molecule has 0 aromatic heterocycles. The van der Waals surface area contributed by atoms with Crippen molar-refractivity contribution in [2.75, 3.05) is 4.43 Å². The van der Waals surface area contributed by atoms with Gasteiger partial charge in [-0.3, -0.25) is 0 Å². The van der Waals surface area contributed by atoms with E-state index in [9.17, 15) is 4.39 Å². The summed E-state index contributed by atoms with van der Waals surface area (Å²) < 4.78 is 20.4. The molecule has 16 heavy (non-hydrogen) atoms. The van der Waals surface area contributed by atoms with E-state index in [1.54, 1.807) is 12.1 Å². The van der Waals surface area contributed by atoms with Crippen LogP contribution in [0.15, 0.2) is 24.3 Å². The van der Waals surface area contributed by atoms with Crippen LogP contribution in [0.2, 0.25) is 0 Å². The van der Waals surface area contributed by atoms with E-state index in [0.29, 0.717) is 12.2 Å². The Morgan fingerprint density at radius 3 is 2.56 bits per heavy atom. The fourth-order valence-corrected chi connectivity index (χ4v) is 3.17. The van der Waals surface area contributed by atoms with Crippen molar-refractivity contribution in [2.24, 2.45) is 0 Å². The number of ether oxygens (including phenoxy) is 1. The highest BCUT2D eigenvalue weighted by atomic mass is 127. The second-order valence-corrected chi connectivity index (χ2v) is 5.17. The molecular formula is C13H16FIO. The van der Waals surface area contributed by atoms with Crippen LogP contribution < -0.4 is 0 Å². The minimum atomic E-state index is -0.163. The van der Waals surface area contributed by atoms with Gasteiger partial charge in [0.1, 0.15) is 5.82 Å². The molecule has 1 fully saturated rings. The summed E-state index contributed by atoms with van der Waals surface area (Å²) in [4.78, 5) is 0. The highest BCUT2D eigenvalue weighted by Crippen LogP contribution is 2.35. The van der Waals surface area contributed by atoms with E-state index in [4.69, 9.17) is 4.74 Å². The molecule has 1 saturated carbocycles. The van der Waals surface area contributed by atoms with Gasteiger partial charge in [-0.2, -0.15) is 0 Å². The lowest BCUT2D eigenvalue weighted by atomic mass is 10.1. The molecule has 0 saturated heterocycles. The van der Waals surface area contributed by atoms with Crippen LogP contribution in [0.1, 0.15) is 31.2 Å². The van der Waals surface area contributed by atoms with Crippen molar-refractivity contribution in [1.82, 2.24) is 0 Å². The Morgan fingerprint density at radius 2 is 1.94 bits per heavy atom. The zero-order valence-electron chi connectivity index (χ0n) is 9.22. The Labute approximate surface area is 110 Å². The molecule has 1 aromatic rings. The van der Waals surface area contributed by atoms with Crippen LogP contribution in [0.5, 0.6) is 0 Å². The summed E-state index contributed by atoms with van der Waals surface area (Å²) in [6, 6.07) is 6.85. The summed E-state index contributed by atoms with van der Waals surface area (Å²) in [5.74, 6) is -0.163. The molecule has 0 amide bonds. The van der Waals surface area contributed by atoms with E-state index in [2.05, 4.69) is 22.6 Å². The first-order chi connectivity index (χ1) is 7.76. The normalized spacial score (nSPS) is 18.9. The fourth-order valence-electron chi connectivity index (χ4n) is 2.18. The molecule has 0 aliphatic heterocycles. The molecule has 0 radical (unpaired) electrons. The summed E-state index contributed by atoms with van der Waals surface area (Å²) in [7, 11) is 0. The van der Waals surface area contributed by atoms with Gasteiger partial charge in [-0.25, -0.2) is 4.39 Å². The second kappa shape index (κ2) is 5.45. The summed E-state index contributed by atoms with van der Waals surface area (Å²) in [6.07, 6.45) is 4.70. The van der Waals surface area contributed by atoms with Crippen LogP contribution in [-0.2, 0) is 11.3 Å². The molecule has 0 N–H and O–H groups in total. The minimum Gasteiger partial charge on any atom is -0.369 e. The van der Waals surface area contributed by atoms with Gasteiger partial charge in [0.05, 0.1) is 12.2 Å². The van der Waals surface area contributed by atoms with Gasteiger partial charge in [0, 0.05) is 9.99 Å². The van der Waals surface area contributed by atoms with Gasteiger partial charge in [0.2, 0.25) is 0 Å². The van der Waals surface area contributed by atoms with Gasteiger partial charge >= 0.3 is 0 Å². The Balaban J connectivity index is 1.98. The molecular weight excluding hydrogens is 318 g/mol. The Kier molecular flexibility index (Phi) is 4.19. The maximum absolute atomic E-state index is 13.4. The average molecular weight is 334 g/mol. The third-order valence-electron chi connectivity index (χ3n) is 3.25. The topological polar surface area (TPSA) is 9.23 Å². The van der Waals surface area contributed by atoms with Crippen LogP contribution in [0.25, 0.3) is 0 Å². The molecule has 88 valence electrons. The molecule has 0 spiro atoms. The molecule has 1 aliphatic carbocycles. The van der Waals surface area contributed by atoms with Crippen molar-refractivity contribution in [3.05, 3.63) is 35.6 Å². The van der Waals surface area contributed by atoms with E-state index < -0.39 is 0 Å². The van der Waals surface area contributed by atoms with Gasteiger partial charge in [0.15, 0.2) is 0 Å². The van der Waals surface area contributed by atoms with Crippen molar-refractivity contribution >= 4 is 22.6 Å². The first-order valence-electron chi connectivity index (χ1n) is 5.69. The molecule has 1 nitrogen and oxygen atoms in total. The van der Waals surface area contributed by atoms with Crippen molar-refractivity contribution in [3.8, 4) is 0 Å². The lowest BCUT2D eigenvalue weighted by Crippen LogP contribution is -2.30. The van der Waals surface area contributed by atoms with Crippen LogP contribution >= 0.6 is 22.6 Å². The SMILES string of the molecule is Fc1ccccc1COC1(CI)CCCC1. The summed E-state index contributed by atoms with van der Waals surface area (Å²) in [6.45, 7) is 0.398.